The van der Waals surface area contributed by atoms with Crippen LogP contribution in [-0.4, -0.2) is 74.4 Å². The highest BCUT2D eigenvalue weighted by Gasteiger charge is 2.27. The van der Waals surface area contributed by atoms with E-state index < -0.39 is 0 Å². The van der Waals surface area contributed by atoms with Crippen molar-refractivity contribution in [1.82, 2.24) is 34.6 Å². The molecule has 0 unspecified atom stereocenters. The highest BCUT2D eigenvalue weighted by atomic mass is 127. The minimum atomic E-state index is 0. The van der Waals surface area contributed by atoms with Crippen LogP contribution < -0.4 is 10.2 Å². The van der Waals surface area contributed by atoms with Crippen LogP contribution in [0.4, 0.5) is 5.69 Å². The number of aromatic nitrogens is 5. The second-order valence-corrected chi connectivity index (χ2v) is 6.96. The summed E-state index contributed by atoms with van der Waals surface area (Å²) in [5.41, 5.74) is 1.69. The summed E-state index contributed by atoms with van der Waals surface area (Å²) < 4.78 is 3.71. The standard InChI is InChI=1S/C19H25N9O.HI/c1-20-19(21-8-5-7-17-24-23-16-6-3-4-9-28(16)17)26-10-11-27(18(29)14-26)15-12-22-25(2)13-15;/h3-4,6,9,12-13H,5,7-8,10-11,14H2,1-2H3,(H,20,21);1H. The predicted octanol–water partition coefficient (Wildman–Crippen LogP) is 0.938. The molecule has 0 atom stereocenters. The summed E-state index contributed by atoms with van der Waals surface area (Å²) in [7, 11) is 3.59. The van der Waals surface area contributed by atoms with Crippen LogP contribution in [0.15, 0.2) is 41.8 Å². The molecule has 160 valence electrons. The van der Waals surface area contributed by atoms with E-state index in [0.717, 1.165) is 49.0 Å². The number of nitrogens with zero attached hydrogens (tertiary/aromatic N) is 8. The highest BCUT2D eigenvalue weighted by Crippen LogP contribution is 2.16. The van der Waals surface area contributed by atoms with E-state index in [0.29, 0.717) is 13.1 Å². The van der Waals surface area contributed by atoms with Crippen LogP contribution in [0.3, 0.4) is 0 Å². The lowest BCUT2D eigenvalue weighted by atomic mass is 10.3. The molecule has 1 amide bonds. The Balaban J connectivity index is 0.00000256. The van der Waals surface area contributed by atoms with Gasteiger partial charge in [-0.25, -0.2) is 0 Å². The number of carbonyl (C=O) groups excluding carboxylic acids is 1. The number of hydrogen-bond donors (Lipinski definition) is 1. The van der Waals surface area contributed by atoms with Crippen LogP contribution >= 0.6 is 24.0 Å². The van der Waals surface area contributed by atoms with E-state index in [9.17, 15) is 4.79 Å². The van der Waals surface area contributed by atoms with Crippen molar-refractivity contribution in [3.05, 3.63) is 42.6 Å². The summed E-state index contributed by atoms with van der Waals surface area (Å²) in [4.78, 5) is 20.7. The molecule has 0 spiro atoms. The molecule has 4 heterocycles. The molecule has 0 aromatic carbocycles. The van der Waals surface area contributed by atoms with Crippen molar-refractivity contribution in [1.29, 1.82) is 0 Å². The molecule has 4 rings (SSSR count). The number of carbonyl (C=O) groups is 1. The number of halogens is 1. The van der Waals surface area contributed by atoms with Gasteiger partial charge in [0.15, 0.2) is 11.6 Å². The minimum Gasteiger partial charge on any atom is -0.356 e. The van der Waals surface area contributed by atoms with Crippen molar-refractivity contribution in [3.8, 4) is 0 Å². The molecule has 1 N–H and O–H groups in total. The van der Waals surface area contributed by atoms with Crippen LogP contribution in [0.2, 0.25) is 0 Å². The fourth-order valence-electron chi connectivity index (χ4n) is 3.52. The SMILES string of the molecule is CN=C(NCCCc1nnc2ccccn12)N1CCN(c2cnn(C)c2)C(=O)C1.I. The van der Waals surface area contributed by atoms with Crippen LogP contribution in [0, 0.1) is 0 Å². The second-order valence-electron chi connectivity index (χ2n) is 6.96. The maximum atomic E-state index is 12.6. The number of anilines is 1. The predicted molar refractivity (Wildman–Crippen MR) is 125 cm³/mol. The van der Waals surface area contributed by atoms with Gasteiger partial charge in [-0.2, -0.15) is 5.10 Å². The largest absolute Gasteiger partial charge is 0.356 e. The molecule has 1 aliphatic rings. The van der Waals surface area contributed by atoms with E-state index in [-0.39, 0.29) is 29.9 Å². The normalized spacial score (nSPS) is 14.9. The molecule has 0 saturated carbocycles. The molecule has 0 radical (unpaired) electrons. The van der Waals surface area contributed by atoms with Crippen LogP contribution in [0.25, 0.3) is 5.65 Å². The van der Waals surface area contributed by atoms with Crippen molar-refractivity contribution in [2.24, 2.45) is 12.0 Å². The first-order valence-corrected chi connectivity index (χ1v) is 9.69. The van der Waals surface area contributed by atoms with Gasteiger partial charge in [-0.05, 0) is 18.6 Å². The molecule has 1 fully saturated rings. The maximum absolute atomic E-state index is 12.6. The molecular weight excluding hydrogens is 497 g/mol. The Labute approximate surface area is 192 Å². The van der Waals surface area contributed by atoms with Gasteiger partial charge >= 0.3 is 0 Å². The van der Waals surface area contributed by atoms with Crippen LogP contribution in [0.5, 0.6) is 0 Å². The first-order chi connectivity index (χ1) is 14.2. The Hall–Kier alpha value is -2.70. The first kappa shape index (κ1) is 22.0. The average Bonchev–Trinajstić information content (AvgIpc) is 3.34. The van der Waals surface area contributed by atoms with E-state index in [2.05, 4.69) is 25.6 Å². The number of aliphatic imine (C=N–C) groups is 1. The summed E-state index contributed by atoms with van der Waals surface area (Å²) in [5, 5.41) is 15.9. The van der Waals surface area contributed by atoms with Crippen molar-refractivity contribution in [3.63, 3.8) is 0 Å². The van der Waals surface area contributed by atoms with Gasteiger partial charge in [0.2, 0.25) is 5.91 Å². The Morgan fingerprint density at radius 2 is 2.13 bits per heavy atom. The van der Waals surface area contributed by atoms with Crippen LogP contribution in [0.1, 0.15) is 12.2 Å². The van der Waals surface area contributed by atoms with Crippen molar-refractivity contribution in [2.75, 3.05) is 38.1 Å². The number of nitrogens with one attached hydrogen (secondary N) is 1. The molecule has 0 aliphatic carbocycles. The number of hydrogen-bond acceptors (Lipinski definition) is 5. The number of pyridine rings is 1. The summed E-state index contributed by atoms with van der Waals surface area (Å²) >= 11 is 0. The Morgan fingerprint density at radius 1 is 1.27 bits per heavy atom. The van der Waals surface area contributed by atoms with Gasteiger partial charge < -0.3 is 15.1 Å². The topological polar surface area (TPSA) is 95.9 Å². The smallest absolute Gasteiger partial charge is 0.246 e. The van der Waals surface area contributed by atoms with Gasteiger partial charge in [-0.1, -0.05) is 6.07 Å². The summed E-state index contributed by atoms with van der Waals surface area (Å²) in [6.45, 7) is 2.36. The van der Waals surface area contributed by atoms with Gasteiger partial charge in [-0.3, -0.25) is 18.9 Å². The van der Waals surface area contributed by atoms with Gasteiger partial charge in [0.1, 0.15) is 12.4 Å². The Bertz CT molecular complexity index is 1030. The molecule has 3 aromatic rings. The third kappa shape index (κ3) is 4.71. The Kier molecular flexibility index (Phi) is 7.24. The zero-order chi connectivity index (χ0) is 20.2. The van der Waals surface area contributed by atoms with Gasteiger partial charge in [0.05, 0.1) is 11.9 Å². The monoisotopic (exact) mass is 523 g/mol. The zero-order valence-electron chi connectivity index (χ0n) is 17.1. The van der Waals surface area contributed by atoms with E-state index >= 15 is 0 Å². The number of piperazine rings is 1. The summed E-state index contributed by atoms with van der Waals surface area (Å²) in [5.74, 6) is 1.73. The number of aryl methyl sites for hydroxylation is 2. The molecule has 0 bridgehead atoms. The fraction of sp³-hybridized carbons (Fsp3) is 0.421. The third-order valence-corrected chi connectivity index (χ3v) is 4.98. The summed E-state index contributed by atoms with van der Waals surface area (Å²) in [6, 6.07) is 5.87. The second kappa shape index (κ2) is 9.87. The lowest BCUT2D eigenvalue weighted by Crippen LogP contribution is -2.55. The minimum absolute atomic E-state index is 0. The molecular formula is C19H26IN9O. The van der Waals surface area contributed by atoms with Gasteiger partial charge in [-0.15, -0.1) is 34.2 Å². The molecule has 1 saturated heterocycles. The summed E-state index contributed by atoms with van der Waals surface area (Å²) in [6.07, 6.45) is 7.25. The Morgan fingerprint density at radius 3 is 2.87 bits per heavy atom. The molecule has 11 heteroatoms. The van der Waals surface area contributed by atoms with Crippen molar-refractivity contribution >= 4 is 47.2 Å². The molecule has 1 aliphatic heterocycles. The molecule has 3 aromatic heterocycles. The van der Waals surface area contributed by atoms with Crippen molar-refractivity contribution < 1.29 is 4.79 Å². The van der Waals surface area contributed by atoms with E-state index in [1.807, 2.05) is 46.9 Å². The average molecular weight is 523 g/mol. The van der Waals surface area contributed by atoms with E-state index in [1.54, 1.807) is 22.8 Å². The van der Waals surface area contributed by atoms with Crippen LogP contribution in [-0.2, 0) is 18.3 Å². The highest BCUT2D eigenvalue weighted by molar-refractivity contribution is 14.0. The zero-order valence-corrected chi connectivity index (χ0v) is 19.4. The number of fused-ring (bicyclic) bond motifs is 1. The number of rotatable bonds is 5. The number of amides is 1. The maximum Gasteiger partial charge on any atom is 0.246 e. The van der Waals surface area contributed by atoms with E-state index in [4.69, 9.17) is 0 Å². The lowest BCUT2D eigenvalue weighted by Gasteiger charge is -2.35. The number of guanidine groups is 1. The molecule has 30 heavy (non-hydrogen) atoms. The third-order valence-electron chi connectivity index (χ3n) is 4.98. The fourth-order valence-corrected chi connectivity index (χ4v) is 3.52. The van der Waals surface area contributed by atoms with E-state index in [1.165, 1.54) is 0 Å². The lowest BCUT2D eigenvalue weighted by molar-refractivity contribution is -0.120. The molecule has 10 nitrogen and oxygen atoms in total. The quantitative estimate of drug-likeness (QED) is 0.232. The van der Waals surface area contributed by atoms with Gasteiger partial charge in [0, 0.05) is 52.5 Å². The van der Waals surface area contributed by atoms with Crippen molar-refractivity contribution in [2.45, 2.75) is 12.8 Å². The van der Waals surface area contributed by atoms with Gasteiger partial charge in [0.25, 0.3) is 0 Å². The first-order valence-electron chi connectivity index (χ1n) is 9.69.